The van der Waals surface area contributed by atoms with Gasteiger partial charge in [0.25, 0.3) is 11.6 Å². The van der Waals surface area contributed by atoms with Crippen molar-refractivity contribution in [1.82, 2.24) is 14.2 Å². The fraction of sp³-hybridized carbons (Fsp3) is 0.286. The number of nitrogens with zero attached hydrogens (tertiary/aromatic N) is 3. The fourth-order valence-corrected chi connectivity index (χ4v) is 5.56. The van der Waals surface area contributed by atoms with E-state index in [-0.39, 0.29) is 37.0 Å². The molecule has 9 nitrogen and oxygen atoms in total. The summed E-state index contributed by atoms with van der Waals surface area (Å²) in [5.74, 6) is -0.198. The van der Waals surface area contributed by atoms with Gasteiger partial charge >= 0.3 is 0 Å². The standard InChI is InChI=1S/C21H22N4O5S/c1-14-11-15(2)16-13-18(22-17(16)12-14)21(26)23-7-9-24(10-8-23)31(29,30)20-6-4-3-5-19(20)25(27)28/h3-6,11-13,22H,7-10H2,1-2H3. The maximum Gasteiger partial charge on any atom is 0.289 e. The van der Waals surface area contributed by atoms with Gasteiger partial charge in [-0.3, -0.25) is 14.9 Å². The zero-order valence-electron chi connectivity index (χ0n) is 17.2. The van der Waals surface area contributed by atoms with E-state index in [1.165, 1.54) is 28.6 Å². The van der Waals surface area contributed by atoms with Crippen LogP contribution in [-0.4, -0.2) is 59.6 Å². The minimum absolute atomic E-state index is 0.0679. The van der Waals surface area contributed by atoms with Crippen molar-refractivity contribution < 1.29 is 18.1 Å². The maximum absolute atomic E-state index is 13.0. The fourth-order valence-electron chi connectivity index (χ4n) is 3.98. The van der Waals surface area contributed by atoms with Crippen LogP contribution in [0.4, 0.5) is 5.69 Å². The molecule has 1 amide bonds. The molecule has 2 heterocycles. The van der Waals surface area contributed by atoms with Gasteiger partial charge in [-0.1, -0.05) is 18.2 Å². The molecule has 2 aromatic carbocycles. The van der Waals surface area contributed by atoms with Gasteiger partial charge in [0.05, 0.1) is 4.92 Å². The smallest absolute Gasteiger partial charge is 0.289 e. The average molecular weight is 442 g/mol. The molecule has 1 saturated heterocycles. The maximum atomic E-state index is 13.0. The summed E-state index contributed by atoms with van der Waals surface area (Å²) < 4.78 is 27.1. The summed E-state index contributed by atoms with van der Waals surface area (Å²) in [6, 6.07) is 11.2. The largest absolute Gasteiger partial charge is 0.351 e. The molecule has 0 spiro atoms. The normalized spacial score (nSPS) is 15.4. The highest BCUT2D eigenvalue weighted by Crippen LogP contribution is 2.27. The van der Waals surface area contributed by atoms with Crippen LogP contribution in [-0.2, 0) is 10.0 Å². The number of sulfonamides is 1. The Labute approximate surface area is 179 Å². The lowest BCUT2D eigenvalue weighted by molar-refractivity contribution is -0.387. The first kappa shape index (κ1) is 21.0. The Hall–Kier alpha value is -3.24. The van der Waals surface area contributed by atoms with Crippen LogP contribution in [0.25, 0.3) is 10.9 Å². The van der Waals surface area contributed by atoms with E-state index < -0.39 is 20.6 Å². The Balaban J connectivity index is 1.52. The highest BCUT2D eigenvalue weighted by molar-refractivity contribution is 7.89. The summed E-state index contributed by atoms with van der Waals surface area (Å²) in [4.78, 5) is 27.9. The minimum Gasteiger partial charge on any atom is -0.351 e. The SMILES string of the molecule is Cc1cc(C)c2cc(C(=O)N3CCN(S(=O)(=O)c4ccccc4[N+](=O)[O-])CC3)[nH]c2c1. The molecule has 0 bridgehead atoms. The Bertz CT molecular complexity index is 1290. The van der Waals surface area contributed by atoms with E-state index in [9.17, 15) is 23.3 Å². The van der Waals surface area contributed by atoms with E-state index in [1.807, 2.05) is 26.0 Å². The molecule has 3 aromatic rings. The summed E-state index contributed by atoms with van der Waals surface area (Å²) in [6.07, 6.45) is 0. The van der Waals surface area contributed by atoms with Gasteiger partial charge in [0.15, 0.2) is 4.90 Å². The van der Waals surface area contributed by atoms with Crippen molar-refractivity contribution in [2.24, 2.45) is 0 Å². The molecular weight excluding hydrogens is 420 g/mol. The van der Waals surface area contributed by atoms with Crippen LogP contribution in [0.1, 0.15) is 21.6 Å². The first-order valence-electron chi connectivity index (χ1n) is 9.81. The number of carbonyl (C=O) groups excluding carboxylic acids is 1. The van der Waals surface area contributed by atoms with Crippen molar-refractivity contribution in [2.75, 3.05) is 26.2 Å². The number of nitrogens with one attached hydrogen (secondary N) is 1. The topological polar surface area (TPSA) is 117 Å². The van der Waals surface area contributed by atoms with Gasteiger partial charge < -0.3 is 9.88 Å². The first-order chi connectivity index (χ1) is 14.7. The number of piperazine rings is 1. The molecule has 4 rings (SSSR count). The molecule has 162 valence electrons. The highest BCUT2D eigenvalue weighted by Gasteiger charge is 2.34. The molecule has 0 aliphatic carbocycles. The predicted octanol–water partition coefficient (Wildman–Crippen LogP) is 2.84. The third kappa shape index (κ3) is 3.79. The second-order valence-corrected chi connectivity index (χ2v) is 9.55. The van der Waals surface area contributed by atoms with Crippen LogP contribution >= 0.6 is 0 Å². The molecule has 0 radical (unpaired) electrons. The third-order valence-corrected chi connectivity index (χ3v) is 7.47. The lowest BCUT2D eigenvalue weighted by Crippen LogP contribution is -2.50. The van der Waals surface area contributed by atoms with Gasteiger partial charge in [-0.05, 0) is 43.2 Å². The summed E-state index contributed by atoms with van der Waals surface area (Å²) >= 11 is 0. The number of hydrogen-bond acceptors (Lipinski definition) is 5. The Morgan fingerprint density at radius 2 is 1.74 bits per heavy atom. The highest BCUT2D eigenvalue weighted by atomic mass is 32.2. The van der Waals surface area contributed by atoms with Gasteiger partial charge in [0, 0.05) is 43.1 Å². The minimum atomic E-state index is -4.04. The second-order valence-electron chi connectivity index (χ2n) is 7.65. The number of amides is 1. The van der Waals surface area contributed by atoms with Crippen molar-refractivity contribution in [3.63, 3.8) is 0 Å². The van der Waals surface area contributed by atoms with Crippen LogP contribution in [0.5, 0.6) is 0 Å². The quantitative estimate of drug-likeness (QED) is 0.493. The lowest BCUT2D eigenvalue weighted by Gasteiger charge is -2.33. The van der Waals surface area contributed by atoms with Crippen LogP contribution in [0.3, 0.4) is 0 Å². The lowest BCUT2D eigenvalue weighted by atomic mass is 10.1. The molecule has 0 unspecified atom stereocenters. The molecular formula is C21H22N4O5S. The number of para-hydroxylation sites is 1. The second kappa shape index (κ2) is 7.78. The van der Waals surface area contributed by atoms with Gasteiger partial charge in [-0.25, -0.2) is 8.42 Å². The number of fused-ring (bicyclic) bond motifs is 1. The molecule has 1 N–H and O–H groups in total. The Morgan fingerprint density at radius 1 is 1.06 bits per heavy atom. The zero-order chi connectivity index (χ0) is 22.3. The number of aromatic nitrogens is 1. The van der Waals surface area contributed by atoms with Crippen LogP contribution in [0, 0.1) is 24.0 Å². The van der Waals surface area contributed by atoms with E-state index in [1.54, 1.807) is 4.90 Å². The number of carbonyl (C=O) groups is 1. The van der Waals surface area contributed by atoms with E-state index in [4.69, 9.17) is 0 Å². The van der Waals surface area contributed by atoms with Crippen molar-refractivity contribution in [3.8, 4) is 0 Å². The molecule has 0 atom stereocenters. The monoisotopic (exact) mass is 442 g/mol. The third-order valence-electron chi connectivity index (χ3n) is 5.53. The van der Waals surface area contributed by atoms with Crippen LogP contribution < -0.4 is 0 Å². The van der Waals surface area contributed by atoms with Crippen molar-refractivity contribution >= 4 is 32.5 Å². The Morgan fingerprint density at radius 3 is 2.42 bits per heavy atom. The predicted molar refractivity (Wildman–Crippen MR) is 116 cm³/mol. The van der Waals surface area contributed by atoms with Crippen molar-refractivity contribution in [2.45, 2.75) is 18.7 Å². The number of nitro benzene ring substituents is 1. The molecule has 31 heavy (non-hydrogen) atoms. The number of nitro groups is 1. The number of benzene rings is 2. The van der Waals surface area contributed by atoms with Gasteiger partial charge in [0.1, 0.15) is 5.69 Å². The van der Waals surface area contributed by atoms with Crippen LogP contribution in [0.2, 0.25) is 0 Å². The molecule has 0 saturated carbocycles. The first-order valence-corrected chi connectivity index (χ1v) is 11.3. The summed E-state index contributed by atoms with van der Waals surface area (Å²) in [6.45, 7) is 4.52. The van der Waals surface area contributed by atoms with Gasteiger partial charge in [-0.2, -0.15) is 4.31 Å². The van der Waals surface area contributed by atoms with Crippen LogP contribution in [0.15, 0.2) is 47.4 Å². The number of rotatable bonds is 4. The van der Waals surface area contributed by atoms with Crippen molar-refractivity contribution in [3.05, 3.63) is 69.4 Å². The van der Waals surface area contributed by atoms with Crippen molar-refractivity contribution in [1.29, 1.82) is 0 Å². The average Bonchev–Trinajstić information content (AvgIpc) is 3.17. The summed E-state index contributed by atoms with van der Waals surface area (Å²) in [5.41, 5.74) is 3.06. The van der Waals surface area contributed by atoms with E-state index in [0.717, 1.165) is 22.0 Å². The number of H-pyrrole nitrogens is 1. The van der Waals surface area contributed by atoms with E-state index >= 15 is 0 Å². The molecule has 1 aromatic heterocycles. The Kier molecular flexibility index (Phi) is 5.28. The summed E-state index contributed by atoms with van der Waals surface area (Å²) in [7, 11) is -4.04. The number of hydrogen-bond donors (Lipinski definition) is 1. The summed E-state index contributed by atoms with van der Waals surface area (Å²) in [5, 5.41) is 12.2. The molecule has 1 aliphatic heterocycles. The number of aryl methyl sites for hydroxylation is 2. The molecule has 1 fully saturated rings. The number of aromatic amines is 1. The molecule has 1 aliphatic rings. The van der Waals surface area contributed by atoms with Gasteiger partial charge in [0.2, 0.25) is 10.0 Å². The van der Waals surface area contributed by atoms with E-state index in [2.05, 4.69) is 11.1 Å². The van der Waals surface area contributed by atoms with Gasteiger partial charge in [-0.15, -0.1) is 0 Å². The van der Waals surface area contributed by atoms with E-state index in [0.29, 0.717) is 5.69 Å². The zero-order valence-corrected chi connectivity index (χ0v) is 18.0. The molecule has 10 heteroatoms.